The van der Waals surface area contributed by atoms with Crippen molar-refractivity contribution in [1.29, 1.82) is 0 Å². The summed E-state index contributed by atoms with van der Waals surface area (Å²) < 4.78 is 48.8. The van der Waals surface area contributed by atoms with Gasteiger partial charge in [0.1, 0.15) is 5.02 Å². The Kier molecular flexibility index (Phi) is 6.86. The van der Waals surface area contributed by atoms with Gasteiger partial charge in [0.2, 0.25) is 0 Å². The van der Waals surface area contributed by atoms with Crippen molar-refractivity contribution in [3.05, 3.63) is 45.5 Å². The molecule has 3 fully saturated rings. The summed E-state index contributed by atoms with van der Waals surface area (Å²) in [5.41, 5.74) is -0.641. The highest BCUT2D eigenvalue weighted by Crippen LogP contribution is 2.39. The first-order valence-electron chi connectivity index (χ1n) is 12.0. The van der Waals surface area contributed by atoms with Gasteiger partial charge in [0.25, 0.3) is 15.6 Å². The predicted octanol–water partition coefficient (Wildman–Crippen LogP) is 3.13. The zero-order valence-electron chi connectivity index (χ0n) is 19.3. The molecule has 2 saturated heterocycles. The standard InChI is InChI=1S/C23H29ClFN5O4S/c24-21-19(27-14-23(25)8-1-11-34-15-23)13-28-30(22(21)31)18-6-9-29(10-7-18)35(32,33)20-5-4-17(12-26-20)16-2-3-16/h4-5,12-13,16,18,27H,1-3,6-11,14-15H2/t23-/m0/s1. The minimum atomic E-state index is -3.71. The summed E-state index contributed by atoms with van der Waals surface area (Å²) in [4.78, 5) is 17.1. The van der Waals surface area contributed by atoms with Crippen LogP contribution in [0, 0.1) is 0 Å². The van der Waals surface area contributed by atoms with Gasteiger partial charge in [-0.05, 0) is 56.1 Å². The maximum Gasteiger partial charge on any atom is 0.287 e. The van der Waals surface area contributed by atoms with Crippen LogP contribution in [0.5, 0.6) is 0 Å². The van der Waals surface area contributed by atoms with Crippen molar-refractivity contribution in [3.63, 3.8) is 0 Å². The van der Waals surface area contributed by atoms with Gasteiger partial charge in [-0.3, -0.25) is 4.79 Å². The van der Waals surface area contributed by atoms with E-state index in [1.807, 2.05) is 6.07 Å². The van der Waals surface area contributed by atoms with Crippen molar-refractivity contribution < 1.29 is 17.5 Å². The van der Waals surface area contributed by atoms with E-state index in [9.17, 15) is 17.6 Å². The first kappa shape index (κ1) is 24.6. The number of alkyl halides is 1. The minimum absolute atomic E-state index is 0.00375. The van der Waals surface area contributed by atoms with Crippen molar-refractivity contribution in [2.75, 3.05) is 38.2 Å². The number of pyridine rings is 1. The molecule has 12 heteroatoms. The fraction of sp³-hybridized carbons (Fsp3) is 0.609. The van der Waals surface area contributed by atoms with E-state index in [0.29, 0.717) is 38.2 Å². The van der Waals surface area contributed by atoms with Gasteiger partial charge in [0.05, 0.1) is 31.1 Å². The van der Waals surface area contributed by atoms with E-state index in [0.717, 1.165) is 18.4 Å². The second kappa shape index (κ2) is 9.76. The molecule has 1 atom stereocenters. The normalized spacial score (nSPS) is 24.4. The highest BCUT2D eigenvalue weighted by molar-refractivity contribution is 7.89. The lowest BCUT2D eigenvalue weighted by molar-refractivity contribution is -0.0234. The van der Waals surface area contributed by atoms with Crippen LogP contribution in [0.4, 0.5) is 10.1 Å². The molecule has 2 aromatic rings. The van der Waals surface area contributed by atoms with Gasteiger partial charge in [0.15, 0.2) is 10.7 Å². The molecule has 190 valence electrons. The number of aromatic nitrogens is 3. The van der Waals surface area contributed by atoms with Crippen LogP contribution in [-0.4, -0.2) is 66.0 Å². The van der Waals surface area contributed by atoms with Crippen LogP contribution in [0.25, 0.3) is 0 Å². The zero-order chi connectivity index (χ0) is 24.6. The lowest BCUT2D eigenvalue weighted by atomic mass is 9.99. The molecule has 1 saturated carbocycles. The molecule has 0 bridgehead atoms. The van der Waals surface area contributed by atoms with E-state index in [1.165, 1.54) is 15.2 Å². The second-order valence-corrected chi connectivity index (χ2v) is 11.9. The van der Waals surface area contributed by atoms with Crippen LogP contribution in [0.3, 0.4) is 0 Å². The largest absolute Gasteiger partial charge is 0.379 e. The number of hydrogen-bond donors (Lipinski definition) is 1. The van der Waals surface area contributed by atoms with E-state index < -0.39 is 21.3 Å². The molecule has 0 aromatic carbocycles. The fourth-order valence-corrected chi connectivity index (χ4v) is 6.29. The van der Waals surface area contributed by atoms with Crippen molar-refractivity contribution in [2.45, 2.75) is 61.2 Å². The Bertz CT molecular complexity index is 1220. The Hall–Kier alpha value is -2.08. The van der Waals surface area contributed by atoms with E-state index in [1.54, 1.807) is 12.3 Å². The molecule has 2 aliphatic heterocycles. The van der Waals surface area contributed by atoms with Gasteiger partial charge in [-0.2, -0.15) is 9.40 Å². The van der Waals surface area contributed by atoms with Crippen molar-refractivity contribution >= 4 is 27.3 Å². The molecule has 1 aliphatic carbocycles. The maximum atomic E-state index is 14.8. The van der Waals surface area contributed by atoms with Crippen LogP contribution >= 0.6 is 11.6 Å². The monoisotopic (exact) mass is 525 g/mol. The number of nitrogens with one attached hydrogen (secondary N) is 1. The third kappa shape index (κ3) is 5.23. The molecule has 0 spiro atoms. The Morgan fingerprint density at radius 1 is 1.20 bits per heavy atom. The van der Waals surface area contributed by atoms with Crippen LogP contribution in [0.15, 0.2) is 34.3 Å². The van der Waals surface area contributed by atoms with Crippen LogP contribution in [-0.2, 0) is 14.8 Å². The molecule has 2 aromatic heterocycles. The van der Waals surface area contributed by atoms with Gasteiger partial charge in [-0.25, -0.2) is 22.5 Å². The highest BCUT2D eigenvalue weighted by Gasteiger charge is 2.34. The molecule has 0 amide bonds. The number of anilines is 1. The number of ether oxygens (including phenoxy) is 1. The van der Waals surface area contributed by atoms with Gasteiger partial charge in [0, 0.05) is 25.9 Å². The van der Waals surface area contributed by atoms with Gasteiger partial charge >= 0.3 is 0 Å². The molecule has 0 radical (unpaired) electrons. The lowest BCUT2D eigenvalue weighted by Gasteiger charge is -2.31. The smallest absolute Gasteiger partial charge is 0.287 e. The van der Waals surface area contributed by atoms with Crippen molar-refractivity contribution in [1.82, 2.24) is 19.1 Å². The SMILES string of the molecule is O=c1c(Cl)c(NC[C@@]2(F)CCCOC2)cnn1C1CCN(S(=O)(=O)c2ccc(C3CC3)cn2)CC1. The molecule has 0 unspecified atom stereocenters. The minimum Gasteiger partial charge on any atom is -0.379 e. The molecule has 1 N–H and O–H groups in total. The first-order chi connectivity index (χ1) is 16.8. The van der Waals surface area contributed by atoms with E-state index in [4.69, 9.17) is 16.3 Å². The molecule has 5 rings (SSSR count). The molecule has 3 aliphatic rings. The van der Waals surface area contributed by atoms with E-state index >= 15 is 0 Å². The third-order valence-corrected chi connectivity index (χ3v) is 9.18. The molecule has 9 nitrogen and oxygen atoms in total. The number of rotatable bonds is 7. The Balaban J connectivity index is 1.22. The number of piperidine rings is 1. The molecule has 4 heterocycles. The summed E-state index contributed by atoms with van der Waals surface area (Å²) in [6.45, 7) is 1.02. The summed E-state index contributed by atoms with van der Waals surface area (Å²) >= 11 is 6.30. The second-order valence-electron chi connectivity index (χ2n) is 9.62. The molecular weight excluding hydrogens is 497 g/mol. The average molecular weight is 526 g/mol. The lowest BCUT2D eigenvalue weighted by Crippen LogP contribution is -2.42. The molecular formula is C23H29ClFN5O4S. The number of sulfonamides is 1. The predicted molar refractivity (Wildman–Crippen MR) is 129 cm³/mol. The number of nitrogens with zero attached hydrogens (tertiary/aromatic N) is 4. The maximum absolute atomic E-state index is 14.8. The van der Waals surface area contributed by atoms with Crippen LogP contribution in [0.1, 0.15) is 56.0 Å². The van der Waals surface area contributed by atoms with Crippen molar-refractivity contribution in [2.24, 2.45) is 0 Å². The summed E-state index contributed by atoms with van der Waals surface area (Å²) in [5, 5.41) is 7.13. The summed E-state index contributed by atoms with van der Waals surface area (Å²) in [5.74, 6) is 0.508. The fourth-order valence-electron chi connectivity index (χ4n) is 4.70. The first-order valence-corrected chi connectivity index (χ1v) is 13.8. The van der Waals surface area contributed by atoms with Crippen LogP contribution in [0.2, 0.25) is 5.02 Å². The summed E-state index contributed by atoms with van der Waals surface area (Å²) in [7, 11) is -3.71. The van der Waals surface area contributed by atoms with Gasteiger partial charge < -0.3 is 10.1 Å². The third-order valence-electron chi connectivity index (χ3n) is 6.99. The van der Waals surface area contributed by atoms with Gasteiger partial charge in [-0.1, -0.05) is 17.7 Å². The van der Waals surface area contributed by atoms with Crippen LogP contribution < -0.4 is 10.9 Å². The van der Waals surface area contributed by atoms with E-state index in [2.05, 4.69) is 15.4 Å². The number of hydrogen-bond acceptors (Lipinski definition) is 7. The Morgan fingerprint density at radius 2 is 1.97 bits per heavy atom. The number of halogens is 2. The Labute approximate surface area is 208 Å². The summed E-state index contributed by atoms with van der Waals surface area (Å²) in [6, 6.07) is 3.13. The topological polar surface area (TPSA) is 106 Å². The molecule has 35 heavy (non-hydrogen) atoms. The average Bonchev–Trinajstić information content (AvgIpc) is 3.71. The van der Waals surface area contributed by atoms with E-state index in [-0.39, 0.29) is 48.0 Å². The zero-order valence-corrected chi connectivity index (χ0v) is 20.9. The quantitative estimate of drug-likeness (QED) is 0.592. The van der Waals surface area contributed by atoms with Gasteiger partial charge in [-0.15, -0.1) is 0 Å². The summed E-state index contributed by atoms with van der Waals surface area (Å²) in [6.07, 6.45) is 7.19. The highest BCUT2D eigenvalue weighted by atomic mass is 35.5. The van der Waals surface area contributed by atoms with Crippen molar-refractivity contribution in [3.8, 4) is 0 Å². The Morgan fingerprint density at radius 3 is 2.60 bits per heavy atom.